The van der Waals surface area contributed by atoms with Gasteiger partial charge >= 0.3 is 0 Å². The molecule has 0 fully saturated rings. The number of ketones is 1. The summed E-state index contributed by atoms with van der Waals surface area (Å²) in [7, 11) is 0. The highest BCUT2D eigenvalue weighted by molar-refractivity contribution is 6.30. The Balaban J connectivity index is 2.87. The van der Waals surface area contributed by atoms with Crippen molar-refractivity contribution < 1.29 is 9.18 Å². The van der Waals surface area contributed by atoms with Gasteiger partial charge in [-0.1, -0.05) is 30.7 Å². The van der Waals surface area contributed by atoms with Gasteiger partial charge in [-0.2, -0.15) is 0 Å². The number of hydrogen-bond acceptors (Lipinski definition) is 1. The van der Waals surface area contributed by atoms with E-state index in [1.54, 1.807) is 0 Å². The minimum Gasteiger partial charge on any atom is -0.294 e. The molecule has 1 aromatic carbocycles. The minimum absolute atomic E-state index is 0.0778. The fourth-order valence-electron chi connectivity index (χ4n) is 1.16. The van der Waals surface area contributed by atoms with Gasteiger partial charge in [-0.15, -0.1) is 0 Å². The molecule has 3 heteroatoms. The topological polar surface area (TPSA) is 17.1 Å². The second-order valence-electron chi connectivity index (χ2n) is 3.33. The molecule has 0 radical (unpaired) electrons. The second-order valence-corrected chi connectivity index (χ2v) is 3.76. The maximum atomic E-state index is 13.3. The molecule has 80 valence electrons. The number of halogens is 2. The van der Waals surface area contributed by atoms with Gasteiger partial charge in [0.15, 0.2) is 5.78 Å². The first kappa shape index (κ1) is 11.9. The summed E-state index contributed by atoms with van der Waals surface area (Å²) in [5, 5.41) is 0.290. The van der Waals surface area contributed by atoms with E-state index in [0.717, 1.165) is 18.1 Å². The number of carbonyl (C=O) groups is 1. The van der Waals surface area contributed by atoms with Crippen molar-refractivity contribution in [2.45, 2.75) is 19.8 Å². The predicted molar refractivity (Wildman–Crippen MR) is 59.8 cm³/mol. The smallest absolute Gasteiger partial charge is 0.169 e. The van der Waals surface area contributed by atoms with E-state index in [1.165, 1.54) is 12.1 Å². The summed E-state index contributed by atoms with van der Waals surface area (Å²) < 4.78 is 13.3. The van der Waals surface area contributed by atoms with Crippen LogP contribution in [0.25, 0.3) is 0 Å². The summed E-state index contributed by atoms with van der Waals surface area (Å²) in [5.74, 6) is -0.826. The van der Waals surface area contributed by atoms with Gasteiger partial charge < -0.3 is 0 Å². The molecule has 1 rings (SSSR count). The van der Waals surface area contributed by atoms with Crippen LogP contribution < -0.4 is 0 Å². The average molecular weight is 227 g/mol. The molecule has 1 aromatic rings. The molecule has 0 N–H and O–H groups in total. The van der Waals surface area contributed by atoms with Crippen molar-refractivity contribution in [1.29, 1.82) is 0 Å². The molecule has 0 aliphatic heterocycles. The molecule has 0 atom stereocenters. The maximum absolute atomic E-state index is 13.3. The van der Waals surface area contributed by atoms with Crippen LogP contribution in [0.15, 0.2) is 30.4 Å². The van der Waals surface area contributed by atoms with Crippen LogP contribution in [0.4, 0.5) is 4.39 Å². The van der Waals surface area contributed by atoms with Crippen molar-refractivity contribution in [2.75, 3.05) is 0 Å². The van der Waals surface area contributed by atoms with Gasteiger partial charge in [0.1, 0.15) is 5.82 Å². The Labute approximate surface area is 93.6 Å². The van der Waals surface area contributed by atoms with E-state index in [-0.39, 0.29) is 17.8 Å². The molecule has 0 heterocycles. The summed E-state index contributed by atoms with van der Waals surface area (Å²) in [4.78, 5) is 11.6. The van der Waals surface area contributed by atoms with Gasteiger partial charge in [-0.05, 0) is 24.6 Å². The molecule has 0 saturated carbocycles. The highest BCUT2D eigenvalue weighted by Gasteiger charge is 2.12. The van der Waals surface area contributed by atoms with Gasteiger partial charge in [-0.3, -0.25) is 4.79 Å². The Bertz CT molecular complexity index is 399. The van der Waals surface area contributed by atoms with E-state index in [0.29, 0.717) is 5.02 Å². The fourth-order valence-corrected chi connectivity index (χ4v) is 1.32. The SMILES string of the molecule is C=C(CC)CC(=O)c1ccc(Cl)cc1F. The Kier molecular flexibility index (Phi) is 4.04. The molecule has 0 unspecified atom stereocenters. The molecule has 15 heavy (non-hydrogen) atoms. The van der Waals surface area contributed by atoms with Gasteiger partial charge in [-0.25, -0.2) is 4.39 Å². The number of Topliss-reactive ketones (excluding diaryl/α,β-unsaturated/α-hetero) is 1. The van der Waals surface area contributed by atoms with Gasteiger partial charge in [0, 0.05) is 11.4 Å². The zero-order chi connectivity index (χ0) is 11.4. The van der Waals surface area contributed by atoms with Crippen LogP contribution in [0, 0.1) is 5.82 Å². The molecule has 0 aliphatic carbocycles. The van der Waals surface area contributed by atoms with Crippen LogP contribution in [0.1, 0.15) is 30.1 Å². The summed E-state index contributed by atoms with van der Waals surface area (Å²) >= 11 is 5.59. The Morgan fingerprint density at radius 2 is 2.20 bits per heavy atom. The van der Waals surface area contributed by atoms with Crippen molar-refractivity contribution in [3.8, 4) is 0 Å². The average Bonchev–Trinajstić information content (AvgIpc) is 2.17. The Morgan fingerprint density at radius 1 is 1.53 bits per heavy atom. The normalized spacial score (nSPS) is 10.1. The van der Waals surface area contributed by atoms with Crippen molar-refractivity contribution in [1.82, 2.24) is 0 Å². The lowest BCUT2D eigenvalue weighted by molar-refractivity contribution is 0.0988. The molecule has 0 aromatic heterocycles. The van der Waals surface area contributed by atoms with E-state index in [9.17, 15) is 9.18 Å². The van der Waals surface area contributed by atoms with Gasteiger partial charge in [0.05, 0.1) is 5.56 Å². The third-order valence-electron chi connectivity index (χ3n) is 2.14. The molecule has 0 aliphatic rings. The largest absolute Gasteiger partial charge is 0.294 e. The molecular weight excluding hydrogens is 215 g/mol. The molecule has 0 bridgehead atoms. The molecular formula is C12H12ClFO. The van der Waals surface area contributed by atoms with Gasteiger partial charge in [0.2, 0.25) is 0 Å². The summed E-state index contributed by atoms with van der Waals surface area (Å²) in [5.41, 5.74) is 0.878. The van der Waals surface area contributed by atoms with E-state index in [1.807, 2.05) is 6.92 Å². The molecule has 1 nitrogen and oxygen atoms in total. The fraction of sp³-hybridized carbons (Fsp3) is 0.250. The van der Waals surface area contributed by atoms with Crippen molar-refractivity contribution in [3.63, 3.8) is 0 Å². The van der Waals surface area contributed by atoms with Crippen molar-refractivity contribution >= 4 is 17.4 Å². The van der Waals surface area contributed by atoms with Crippen LogP contribution in [0.2, 0.25) is 5.02 Å². The summed E-state index contributed by atoms with van der Waals surface area (Å²) in [6.45, 7) is 5.63. The first-order valence-corrected chi connectivity index (χ1v) is 5.07. The van der Waals surface area contributed by atoms with Gasteiger partial charge in [0.25, 0.3) is 0 Å². The second kappa shape index (κ2) is 5.08. The van der Waals surface area contributed by atoms with Crippen molar-refractivity contribution in [2.24, 2.45) is 0 Å². The number of carbonyl (C=O) groups excluding carboxylic acids is 1. The van der Waals surface area contributed by atoms with Crippen LogP contribution in [0.3, 0.4) is 0 Å². The molecule has 0 saturated heterocycles. The predicted octanol–water partition coefficient (Wildman–Crippen LogP) is 4.02. The zero-order valence-electron chi connectivity index (χ0n) is 8.52. The number of hydrogen-bond donors (Lipinski definition) is 0. The third kappa shape index (κ3) is 3.17. The Hall–Kier alpha value is -1.15. The lowest BCUT2D eigenvalue weighted by atomic mass is 10.0. The molecule has 0 amide bonds. The highest BCUT2D eigenvalue weighted by Crippen LogP contribution is 2.17. The van der Waals surface area contributed by atoms with E-state index >= 15 is 0 Å². The standard InChI is InChI=1S/C12H12ClFO/c1-3-8(2)6-12(15)10-5-4-9(13)7-11(10)14/h4-5,7H,2-3,6H2,1H3. The zero-order valence-corrected chi connectivity index (χ0v) is 9.27. The Morgan fingerprint density at radius 3 is 2.73 bits per heavy atom. The first-order chi connectivity index (χ1) is 7.04. The van der Waals surface area contributed by atoms with Crippen LogP contribution in [0.5, 0.6) is 0 Å². The van der Waals surface area contributed by atoms with E-state index < -0.39 is 5.82 Å². The first-order valence-electron chi connectivity index (χ1n) is 4.69. The van der Waals surface area contributed by atoms with E-state index in [2.05, 4.69) is 6.58 Å². The lowest BCUT2D eigenvalue weighted by Crippen LogP contribution is -2.03. The number of rotatable bonds is 4. The number of benzene rings is 1. The maximum Gasteiger partial charge on any atom is 0.169 e. The minimum atomic E-state index is -0.573. The highest BCUT2D eigenvalue weighted by atomic mass is 35.5. The lowest BCUT2D eigenvalue weighted by Gasteiger charge is -2.03. The summed E-state index contributed by atoms with van der Waals surface area (Å²) in [6, 6.07) is 4.05. The number of allylic oxidation sites excluding steroid dienone is 1. The van der Waals surface area contributed by atoms with Crippen molar-refractivity contribution in [3.05, 3.63) is 46.8 Å². The van der Waals surface area contributed by atoms with Crippen LogP contribution in [-0.4, -0.2) is 5.78 Å². The monoisotopic (exact) mass is 226 g/mol. The van der Waals surface area contributed by atoms with Crippen LogP contribution in [-0.2, 0) is 0 Å². The third-order valence-corrected chi connectivity index (χ3v) is 2.38. The quantitative estimate of drug-likeness (QED) is 0.560. The van der Waals surface area contributed by atoms with Crippen LogP contribution >= 0.6 is 11.6 Å². The summed E-state index contributed by atoms with van der Waals surface area (Å²) in [6.07, 6.45) is 0.913. The van der Waals surface area contributed by atoms with E-state index in [4.69, 9.17) is 11.6 Å². The molecule has 0 spiro atoms.